The van der Waals surface area contributed by atoms with Gasteiger partial charge in [0.1, 0.15) is 18.0 Å². The molecule has 1 aliphatic heterocycles. The van der Waals surface area contributed by atoms with E-state index in [2.05, 4.69) is 6.58 Å². The lowest BCUT2D eigenvalue weighted by Crippen LogP contribution is -2.43. The molecule has 0 amide bonds. The second-order valence-electron chi connectivity index (χ2n) is 5.99. The summed E-state index contributed by atoms with van der Waals surface area (Å²) in [6, 6.07) is 0. The Morgan fingerprint density at radius 1 is 1.40 bits per heavy atom. The van der Waals surface area contributed by atoms with Crippen LogP contribution in [0.25, 0.3) is 0 Å². The van der Waals surface area contributed by atoms with Gasteiger partial charge in [0.05, 0.1) is 5.92 Å². The fraction of sp³-hybridized carbons (Fsp3) is 0.667. The Morgan fingerprint density at radius 2 is 2.10 bits per heavy atom. The Labute approximate surface area is 117 Å². The van der Waals surface area contributed by atoms with E-state index in [1.54, 1.807) is 13.8 Å². The van der Waals surface area contributed by atoms with Crippen molar-refractivity contribution in [2.75, 3.05) is 0 Å². The summed E-state index contributed by atoms with van der Waals surface area (Å²) >= 11 is 0. The van der Waals surface area contributed by atoms with Crippen molar-refractivity contribution in [3.8, 4) is 0 Å². The van der Waals surface area contributed by atoms with Crippen LogP contribution in [0.3, 0.4) is 0 Å². The van der Waals surface area contributed by atoms with E-state index in [-0.39, 0.29) is 41.5 Å². The molecule has 0 N–H and O–H groups in total. The van der Waals surface area contributed by atoms with Crippen LogP contribution in [0, 0.1) is 23.7 Å². The van der Waals surface area contributed by atoms with E-state index in [9.17, 15) is 14.4 Å². The third-order valence-corrected chi connectivity index (χ3v) is 4.86. The predicted molar refractivity (Wildman–Crippen MR) is 68.4 cm³/mol. The van der Waals surface area contributed by atoms with Crippen LogP contribution in [-0.4, -0.2) is 29.9 Å². The summed E-state index contributed by atoms with van der Waals surface area (Å²) in [4.78, 5) is 35.8. The smallest absolute Gasteiger partial charge is 0.333 e. The zero-order valence-corrected chi connectivity index (χ0v) is 11.6. The standard InChI is InChI=1S/C15H18O5/c1-4-9(16)10-7-5-8-11(10)15(18)20-13(8)12(7)19-14(17)6(2)3/h7-8,10-13H,2,4-5H2,1,3H3. The molecule has 5 heteroatoms. The number of fused-ring (bicyclic) bond motifs is 1. The van der Waals surface area contributed by atoms with Crippen molar-refractivity contribution >= 4 is 17.7 Å². The molecule has 0 aromatic rings. The van der Waals surface area contributed by atoms with E-state index in [1.165, 1.54) is 0 Å². The van der Waals surface area contributed by atoms with E-state index >= 15 is 0 Å². The van der Waals surface area contributed by atoms with Gasteiger partial charge in [-0.3, -0.25) is 9.59 Å². The molecule has 108 valence electrons. The third kappa shape index (κ3) is 1.65. The SMILES string of the molecule is C=C(C)C(=O)OC1C2CC3C1OC(=O)C3C2C(=O)CC. The zero-order valence-electron chi connectivity index (χ0n) is 11.6. The number of hydrogen-bond acceptors (Lipinski definition) is 5. The number of esters is 2. The van der Waals surface area contributed by atoms with Crippen molar-refractivity contribution in [3.63, 3.8) is 0 Å². The van der Waals surface area contributed by atoms with Crippen LogP contribution in [0.2, 0.25) is 0 Å². The Balaban J connectivity index is 1.88. The molecule has 3 rings (SSSR count). The van der Waals surface area contributed by atoms with E-state index in [0.29, 0.717) is 12.0 Å². The first-order chi connectivity index (χ1) is 9.45. The molecule has 3 fully saturated rings. The van der Waals surface area contributed by atoms with Crippen LogP contribution < -0.4 is 0 Å². The van der Waals surface area contributed by atoms with Crippen LogP contribution in [0.1, 0.15) is 26.7 Å². The summed E-state index contributed by atoms with van der Waals surface area (Å²) < 4.78 is 10.8. The number of carbonyl (C=O) groups excluding carboxylic acids is 3. The Bertz CT molecular complexity index is 508. The van der Waals surface area contributed by atoms with Gasteiger partial charge in [-0.25, -0.2) is 4.79 Å². The first-order valence-electron chi connectivity index (χ1n) is 7.05. The molecule has 20 heavy (non-hydrogen) atoms. The van der Waals surface area contributed by atoms with Crippen LogP contribution >= 0.6 is 0 Å². The molecule has 0 aromatic heterocycles. The van der Waals surface area contributed by atoms with Gasteiger partial charge in [-0.15, -0.1) is 0 Å². The second kappa shape index (κ2) is 4.43. The summed E-state index contributed by atoms with van der Waals surface area (Å²) in [5.41, 5.74) is 0.312. The number of Topliss-reactive ketones (excluding diaryl/α,β-unsaturated/α-hetero) is 1. The molecule has 0 aromatic carbocycles. The largest absolute Gasteiger partial charge is 0.458 e. The van der Waals surface area contributed by atoms with Gasteiger partial charge < -0.3 is 9.47 Å². The lowest BCUT2D eigenvalue weighted by Gasteiger charge is -2.30. The Kier molecular flexibility index (Phi) is 2.96. The number of ether oxygens (including phenoxy) is 2. The lowest BCUT2D eigenvalue weighted by molar-refractivity contribution is -0.159. The average molecular weight is 278 g/mol. The molecule has 0 spiro atoms. The molecule has 1 saturated heterocycles. The highest BCUT2D eigenvalue weighted by molar-refractivity contribution is 5.90. The topological polar surface area (TPSA) is 69.7 Å². The fourth-order valence-corrected chi connectivity index (χ4v) is 4.05. The highest BCUT2D eigenvalue weighted by atomic mass is 16.6. The molecule has 0 radical (unpaired) electrons. The Hall–Kier alpha value is -1.65. The molecule has 5 nitrogen and oxygen atoms in total. The first-order valence-corrected chi connectivity index (χ1v) is 7.05. The van der Waals surface area contributed by atoms with Crippen molar-refractivity contribution in [2.24, 2.45) is 23.7 Å². The summed E-state index contributed by atoms with van der Waals surface area (Å²) in [5, 5.41) is 0. The van der Waals surface area contributed by atoms with Gasteiger partial charge in [0.2, 0.25) is 0 Å². The minimum atomic E-state index is -0.493. The van der Waals surface area contributed by atoms with Gasteiger partial charge in [0.25, 0.3) is 0 Å². The van der Waals surface area contributed by atoms with Crippen LogP contribution in [0.15, 0.2) is 12.2 Å². The molecule has 6 unspecified atom stereocenters. The number of carbonyl (C=O) groups is 3. The van der Waals surface area contributed by atoms with E-state index < -0.39 is 12.1 Å². The quantitative estimate of drug-likeness (QED) is 0.572. The van der Waals surface area contributed by atoms with E-state index in [1.807, 2.05) is 0 Å². The predicted octanol–water partition coefficient (Wildman–Crippen LogP) is 1.26. The van der Waals surface area contributed by atoms with Crippen molar-refractivity contribution in [3.05, 3.63) is 12.2 Å². The van der Waals surface area contributed by atoms with Crippen LogP contribution in [-0.2, 0) is 23.9 Å². The van der Waals surface area contributed by atoms with Gasteiger partial charge in [-0.1, -0.05) is 13.5 Å². The molecule has 2 bridgehead atoms. The van der Waals surface area contributed by atoms with E-state index in [0.717, 1.165) is 6.42 Å². The van der Waals surface area contributed by atoms with Crippen LogP contribution in [0.5, 0.6) is 0 Å². The molecule has 3 aliphatic rings. The molecule has 6 atom stereocenters. The molecular weight excluding hydrogens is 260 g/mol. The van der Waals surface area contributed by atoms with E-state index in [4.69, 9.17) is 9.47 Å². The number of rotatable bonds is 4. The van der Waals surface area contributed by atoms with Crippen molar-refractivity contribution < 1.29 is 23.9 Å². The summed E-state index contributed by atoms with van der Waals surface area (Å²) in [6.07, 6.45) is 0.254. The summed E-state index contributed by atoms with van der Waals surface area (Å²) in [5.74, 6) is -1.45. The highest BCUT2D eigenvalue weighted by Crippen LogP contribution is 2.59. The fourth-order valence-electron chi connectivity index (χ4n) is 4.05. The zero-order chi connectivity index (χ0) is 14.6. The average Bonchev–Trinajstić information content (AvgIpc) is 3.00. The number of hydrogen-bond donors (Lipinski definition) is 0. The monoisotopic (exact) mass is 278 g/mol. The number of ketones is 1. The molecule has 1 heterocycles. The maximum Gasteiger partial charge on any atom is 0.333 e. The first kappa shape index (κ1) is 13.3. The molecule has 2 aliphatic carbocycles. The minimum Gasteiger partial charge on any atom is -0.458 e. The van der Waals surface area contributed by atoms with Gasteiger partial charge in [-0.2, -0.15) is 0 Å². The normalized spacial score (nSPS) is 40.6. The third-order valence-electron chi connectivity index (χ3n) is 4.86. The van der Waals surface area contributed by atoms with Crippen molar-refractivity contribution in [2.45, 2.75) is 38.9 Å². The van der Waals surface area contributed by atoms with Gasteiger partial charge >= 0.3 is 11.9 Å². The van der Waals surface area contributed by atoms with Gasteiger partial charge in [0, 0.05) is 29.7 Å². The molecular formula is C15H18O5. The Morgan fingerprint density at radius 3 is 2.70 bits per heavy atom. The second-order valence-corrected chi connectivity index (χ2v) is 5.99. The maximum absolute atomic E-state index is 12.1. The highest BCUT2D eigenvalue weighted by Gasteiger charge is 2.69. The van der Waals surface area contributed by atoms with Gasteiger partial charge in [-0.05, 0) is 13.3 Å². The van der Waals surface area contributed by atoms with Gasteiger partial charge in [0.15, 0.2) is 0 Å². The van der Waals surface area contributed by atoms with Crippen LogP contribution in [0.4, 0.5) is 0 Å². The van der Waals surface area contributed by atoms with Crippen molar-refractivity contribution in [1.29, 1.82) is 0 Å². The maximum atomic E-state index is 12.1. The summed E-state index contributed by atoms with van der Waals surface area (Å²) in [7, 11) is 0. The minimum absolute atomic E-state index is 0.0240. The lowest BCUT2D eigenvalue weighted by atomic mass is 9.75. The molecule has 2 saturated carbocycles. The van der Waals surface area contributed by atoms with Crippen molar-refractivity contribution in [1.82, 2.24) is 0 Å². The summed E-state index contributed by atoms with van der Waals surface area (Å²) in [6.45, 7) is 6.93.